The highest BCUT2D eigenvalue weighted by Crippen LogP contribution is 2.55. The third-order valence-corrected chi connectivity index (χ3v) is 27.9. The van der Waals surface area contributed by atoms with Crippen molar-refractivity contribution >= 4 is 73.9 Å². The second kappa shape index (κ2) is 74.9. The fraction of sp³-hybridized carbons (Fsp3) is 0.639. The van der Waals surface area contributed by atoms with Gasteiger partial charge in [-0.3, -0.25) is 13.6 Å². The molecule has 0 radical (unpaired) electrons. The molecule has 0 bridgehead atoms. The van der Waals surface area contributed by atoms with E-state index in [1.807, 2.05) is 109 Å². The summed E-state index contributed by atoms with van der Waals surface area (Å²) in [6, 6.07) is 54.6. The molecule has 0 saturated carbocycles. The first-order chi connectivity index (χ1) is 63.0. The molecule has 128 heavy (non-hydrogen) atoms. The van der Waals surface area contributed by atoms with Crippen molar-refractivity contribution in [3.63, 3.8) is 0 Å². The fourth-order valence-electron chi connectivity index (χ4n) is 16.4. The van der Waals surface area contributed by atoms with E-state index in [0.29, 0.717) is 39.1 Å². The highest BCUT2D eigenvalue weighted by molar-refractivity contribution is 9.09. The van der Waals surface area contributed by atoms with Crippen molar-refractivity contribution in [2.45, 2.75) is 348 Å². The number of hydrogen-bond acceptors (Lipinski definition) is 13. The lowest BCUT2D eigenvalue weighted by Gasteiger charge is -2.35. The summed E-state index contributed by atoms with van der Waals surface area (Å²) in [4.78, 5) is 42.6. The first-order valence-electron chi connectivity index (χ1n) is 50.1. The van der Waals surface area contributed by atoms with E-state index in [2.05, 4.69) is 139 Å². The lowest BCUT2D eigenvalue weighted by Crippen LogP contribution is -2.43. The van der Waals surface area contributed by atoms with Gasteiger partial charge in [-0.05, 0) is 88.6 Å². The maximum atomic E-state index is 17.0. The zero-order valence-corrected chi connectivity index (χ0v) is 84.5. The molecule has 6 unspecified atom stereocenters. The van der Waals surface area contributed by atoms with Crippen molar-refractivity contribution in [2.75, 3.05) is 75.3 Å². The summed E-state index contributed by atoms with van der Waals surface area (Å²) in [5.74, 6) is -1.95. The first-order valence-corrected chi connectivity index (χ1v) is 54.9. The number of halogens is 3. The SMILES string of the molecule is CCCCCCCCCCCCCCCCOCC(CNC(=O)OCc1ccccc1Cc1ccccc1)C(CBr)OP(=O)(OC(CBr)C(CNC(=O)OCc1ccccc1Cc1ccccc1)COCCCCCCCCCCCCCCCC)OC(CBr)C(CNC(=O)OCc1ccccc1Cc1ccccc1)COCCCCCCCCCCCCCCCC. The number of benzene rings is 6. The number of phosphoric ester groups is 1. The Morgan fingerprint density at radius 1 is 0.273 bits per heavy atom. The van der Waals surface area contributed by atoms with E-state index in [1.165, 1.54) is 212 Å². The number of carbonyl (C=O) groups is 3. The van der Waals surface area contributed by atoms with E-state index in [1.54, 1.807) is 0 Å². The largest absolute Gasteiger partial charge is 0.475 e. The quantitative estimate of drug-likeness (QED) is 0.0142. The average Bonchev–Trinajstić information content (AvgIpc) is 0.815. The molecule has 20 heteroatoms. The Labute approximate surface area is 799 Å². The summed E-state index contributed by atoms with van der Waals surface area (Å²) in [5, 5.41) is 9.49. The molecule has 0 aliphatic rings. The second-order valence-corrected chi connectivity index (χ2v) is 38.8. The Kier molecular flexibility index (Phi) is 65.2. The molecular formula is C108H165Br3N3O13P. The van der Waals surface area contributed by atoms with Crippen LogP contribution >= 0.6 is 55.6 Å². The molecular weight excluding hydrogens is 1820 g/mol. The van der Waals surface area contributed by atoms with Crippen molar-refractivity contribution in [1.82, 2.24) is 16.0 Å². The van der Waals surface area contributed by atoms with Crippen molar-refractivity contribution in [3.05, 3.63) is 214 Å². The van der Waals surface area contributed by atoms with Crippen LogP contribution in [0.5, 0.6) is 0 Å². The Bertz CT molecular complexity index is 3360. The summed E-state index contributed by atoms with van der Waals surface area (Å²) in [6.45, 7) is 8.61. The van der Waals surface area contributed by atoms with Gasteiger partial charge < -0.3 is 44.4 Å². The van der Waals surface area contributed by atoms with Gasteiger partial charge >= 0.3 is 26.1 Å². The minimum atomic E-state index is -4.92. The van der Waals surface area contributed by atoms with E-state index in [0.717, 1.165) is 108 Å². The Morgan fingerprint density at radius 3 is 0.680 bits per heavy atom. The molecule has 3 amide bonds. The molecule has 0 aliphatic heterocycles. The Morgan fingerprint density at radius 2 is 0.469 bits per heavy atom. The summed E-state index contributed by atoms with van der Waals surface area (Å²) < 4.78 is 76.2. The van der Waals surface area contributed by atoms with Gasteiger partial charge in [-0.15, -0.1) is 0 Å². The molecule has 0 aliphatic carbocycles. The van der Waals surface area contributed by atoms with Crippen LogP contribution in [0.25, 0.3) is 0 Å². The van der Waals surface area contributed by atoms with Gasteiger partial charge in [0.2, 0.25) is 0 Å². The second-order valence-electron chi connectivity index (χ2n) is 35.3. The van der Waals surface area contributed by atoms with E-state index in [-0.39, 0.29) is 75.3 Å². The number of alkyl halides is 3. The maximum Gasteiger partial charge on any atom is 0.475 e. The number of phosphoric acid groups is 1. The smallest absolute Gasteiger partial charge is 0.445 e. The summed E-state index contributed by atoms with van der Waals surface area (Å²) in [7, 11) is -4.92. The van der Waals surface area contributed by atoms with Crippen LogP contribution in [0.4, 0.5) is 14.4 Å². The number of hydrogen-bond donors (Lipinski definition) is 3. The number of unbranched alkanes of at least 4 members (excludes halogenated alkanes) is 39. The monoisotopic (exact) mass is 1980 g/mol. The van der Waals surface area contributed by atoms with Gasteiger partial charge in [0.1, 0.15) is 19.8 Å². The van der Waals surface area contributed by atoms with Gasteiger partial charge in [-0.2, -0.15) is 0 Å². The summed E-state index contributed by atoms with van der Waals surface area (Å²) in [6.07, 6.45) is 48.7. The van der Waals surface area contributed by atoms with E-state index >= 15 is 4.57 Å². The molecule has 0 aromatic heterocycles. The normalized spacial score (nSPS) is 13.4. The molecule has 0 spiro atoms. The van der Waals surface area contributed by atoms with Crippen LogP contribution in [-0.2, 0) is 85.6 Å². The van der Waals surface area contributed by atoms with Gasteiger partial charge in [-0.1, -0.05) is 483 Å². The molecule has 6 aromatic rings. The lowest BCUT2D eigenvalue weighted by molar-refractivity contribution is -0.0258. The van der Waals surface area contributed by atoms with E-state index in [9.17, 15) is 14.4 Å². The minimum absolute atomic E-state index is 0.000209. The highest BCUT2D eigenvalue weighted by atomic mass is 79.9. The molecule has 6 rings (SSSR count). The zero-order valence-electron chi connectivity index (χ0n) is 78.9. The van der Waals surface area contributed by atoms with E-state index < -0.39 is 62.2 Å². The van der Waals surface area contributed by atoms with Gasteiger partial charge in [0, 0.05) is 73.2 Å². The molecule has 6 atom stereocenters. The highest BCUT2D eigenvalue weighted by Gasteiger charge is 2.43. The van der Waals surface area contributed by atoms with E-state index in [4.69, 9.17) is 42.0 Å². The lowest BCUT2D eigenvalue weighted by atomic mass is 10.0. The van der Waals surface area contributed by atoms with Crippen LogP contribution < -0.4 is 16.0 Å². The minimum Gasteiger partial charge on any atom is -0.445 e. The zero-order chi connectivity index (χ0) is 90.9. The topological polar surface area (TPSA) is 187 Å². The fourth-order valence-corrected chi connectivity index (χ4v) is 20.9. The van der Waals surface area contributed by atoms with Crippen LogP contribution in [0.2, 0.25) is 0 Å². The predicted molar refractivity (Wildman–Crippen MR) is 539 cm³/mol. The number of ether oxygens (including phenoxy) is 6. The third kappa shape index (κ3) is 52.9. The molecule has 6 aromatic carbocycles. The molecule has 0 heterocycles. The number of carbonyl (C=O) groups excluding carboxylic acids is 3. The van der Waals surface area contributed by atoms with Crippen LogP contribution in [0.15, 0.2) is 164 Å². The predicted octanol–water partition coefficient (Wildman–Crippen LogP) is 30.3. The third-order valence-electron chi connectivity index (χ3n) is 24.4. The average molecular weight is 1980 g/mol. The van der Waals surface area contributed by atoms with Crippen molar-refractivity contribution in [2.24, 2.45) is 17.8 Å². The molecule has 3 N–H and O–H groups in total. The van der Waals surface area contributed by atoms with Crippen molar-refractivity contribution < 1.29 is 60.9 Å². The molecule has 0 saturated heterocycles. The first kappa shape index (κ1) is 111. The van der Waals surface area contributed by atoms with Gasteiger partial charge in [0.05, 0.1) is 38.1 Å². The number of nitrogens with one attached hydrogen (secondary N) is 3. The molecule has 0 fully saturated rings. The summed E-state index contributed by atoms with van der Waals surface area (Å²) >= 11 is 11.4. The standard InChI is InChI=1S/C108H165Br3N3O13P/c1-4-7-10-13-16-19-22-25-28-31-34-37-40-58-73-119-85-100(82-112-106(115)122-88-97-70-55-52-67-94(97)76-91-61-46-43-47-62-91)103(79-109)125-128(118,126-104(80-110)101(86-120-74-59-41-38-35-32-29-26-23-20-17-14-11-8-5-2)83-113-107(116)123-89-98-71-56-53-68-95(98)77-92-63-48-44-49-64-92)127-105(81-111)102(87-121-75-60-42-39-36-33-30-27-24-21-18-15-12-9-6-3)84-114-108(117)124-90-99-72-57-54-69-96(99)78-93-65-50-45-51-66-93/h43-57,61-72,100-105H,4-42,58-60,73-90H2,1-3H3,(H,112,115)(H,113,116)(H,114,117). The number of amides is 3. The summed E-state index contributed by atoms with van der Waals surface area (Å²) in [5.41, 5.74) is 9.22. The van der Waals surface area contributed by atoms with Crippen LogP contribution in [0.3, 0.4) is 0 Å². The van der Waals surface area contributed by atoms with Crippen LogP contribution in [0, 0.1) is 17.8 Å². The van der Waals surface area contributed by atoms with Gasteiger partial charge in [0.15, 0.2) is 0 Å². The van der Waals surface area contributed by atoms with Gasteiger partial charge in [-0.25, -0.2) is 18.9 Å². The Hall–Kier alpha value is -5.44. The Balaban J connectivity index is 1.28. The molecule has 16 nitrogen and oxygen atoms in total. The van der Waals surface area contributed by atoms with Crippen LogP contribution in [-0.4, -0.2) is 112 Å². The number of rotatable bonds is 81. The van der Waals surface area contributed by atoms with Crippen molar-refractivity contribution in [3.8, 4) is 0 Å². The van der Waals surface area contributed by atoms with Crippen LogP contribution in [0.1, 0.15) is 341 Å². The van der Waals surface area contributed by atoms with Crippen molar-refractivity contribution in [1.29, 1.82) is 0 Å². The number of alkyl carbamates (subject to hydrolysis) is 3. The molecule has 716 valence electrons. The maximum absolute atomic E-state index is 17.0. The van der Waals surface area contributed by atoms with Gasteiger partial charge in [0.25, 0.3) is 0 Å².